The van der Waals surface area contributed by atoms with E-state index >= 15 is 0 Å². The average Bonchev–Trinajstić information content (AvgIpc) is 2.74. The first-order chi connectivity index (χ1) is 14.6. The molecule has 0 bridgehead atoms. The molecular formula is C22H24F3N2O3S+. The number of hydrogen-bond donors (Lipinski definition) is 1. The van der Waals surface area contributed by atoms with Crippen molar-refractivity contribution in [2.45, 2.75) is 19.5 Å². The first-order valence-corrected chi connectivity index (χ1v) is 11.4. The Balaban J connectivity index is 2.19. The number of sulfonamides is 1. The zero-order valence-electron chi connectivity index (χ0n) is 17.0. The SMILES string of the molecule is CCCS(=O)(=O)[N+]1(c2ccc(Oc3ccccc3)c(C(F)(F)F)c2)C=C(CN)C=CC1. The topological polar surface area (TPSA) is 69.4 Å². The lowest BCUT2D eigenvalue weighted by Gasteiger charge is -2.34. The molecule has 2 aromatic rings. The summed E-state index contributed by atoms with van der Waals surface area (Å²) < 4.78 is 73.0. The molecule has 0 saturated heterocycles. The lowest BCUT2D eigenvalue weighted by molar-refractivity contribution is -0.138. The summed E-state index contributed by atoms with van der Waals surface area (Å²) in [5, 5.41) is 0. The maximum Gasteiger partial charge on any atom is 0.420 e. The van der Waals surface area contributed by atoms with Crippen LogP contribution in [0.25, 0.3) is 0 Å². The van der Waals surface area contributed by atoms with Gasteiger partial charge in [-0.2, -0.15) is 25.5 Å². The van der Waals surface area contributed by atoms with Crippen LogP contribution in [0.15, 0.2) is 72.5 Å². The van der Waals surface area contributed by atoms with Crippen LogP contribution >= 0.6 is 0 Å². The van der Waals surface area contributed by atoms with Crippen molar-refractivity contribution < 1.29 is 26.3 Å². The highest BCUT2D eigenvalue weighted by Gasteiger charge is 2.45. The van der Waals surface area contributed by atoms with E-state index in [9.17, 15) is 21.6 Å². The Kier molecular flexibility index (Phi) is 6.59. The number of benzene rings is 2. The summed E-state index contributed by atoms with van der Waals surface area (Å²) in [6, 6.07) is 11.5. The van der Waals surface area contributed by atoms with Crippen LogP contribution in [0.4, 0.5) is 18.9 Å². The number of halogens is 3. The number of alkyl halides is 3. The van der Waals surface area contributed by atoms with Crippen LogP contribution in [0.5, 0.6) is 11.5 Å². The number of nitrogens with zero attached hydrogens (tertiary/aromatic N) is 1. The van der Waals surface area contributed by atoms with E-state index in [1.807, 2.05) is 0 Å². The molecule has 3 rings (SSSR count). The first-order valence-electron chi connectivity index (χ1n) is 9.76. The molecular weight excluding hydrogens is 429 g/mol. The molecule has 31 heavy (non-hydrogen) atoms. The predicted molar refractivity (Wildman–Crippen MR) is 115 cm³/mol. The summed E-state index contributed by atoms with van der Waals surface area (Å²) >= 11 is 0. The van der Waals surface area contributed by atoms with Gasteiger partial charge in [-0.3, -0.25) is 0 Å². The van der Waals surface area contributed by atoms with Crippen molar-refractivity contribution in [2.75, 3.05) is 18.8 Å². The fourth-order valence-corrected chi connectivity index (χ4v) is 5.37. The van der Waals surface area contributed by atoms with Crippen LogP contribution < -0.4 is 14.4 Å². The summed E-state index contributed by atoms with van der Waals surface area (Å²) in [6.45, 7) is 1.75. The van der Waals surface area contributed by atoms with Gasteiger partial charge in [-0.1, -0.05) is 31.2 Å². The number of quaternary nitrogens is 1. The lowest BCUT2D eigenvalue weighted by atomic mass is 10.1. The number of para-hydroxylation sites is 1. The highest BCUT2D eigenvalue weighted by atomic mass is 32.2. The molecule has 0 radical (unpaired) electrons. The quantitative estimate of drug-likeness (QED) is 0.602. The average molecular weight is 454 g/mol. The van der Waals surface area contributed by atoms with E-state index in [2.05, 4.69) is 0 Å². The Morgan fingerprint density at radius 2 is 1.84 bits per heavy atom. The minimum absolute atomic E-state index is 0.0171. The van der Waals surface area contributed by atoms with Gasteiger partial charge in [0.25, 0.3) is 0 Å². The molecule has 0 aliphatic carbocycles. The van der Waals surface area contributed by atoms with E-state index in [1.165, 1.54) is 18.3 Å². The van der Waals surface area contributed by atoms with Gasteiger partial charge in [-0.25, -0.2) is 0 Å². The second-order valence-corrected chi connectivity index (χ2v) is 9.39. The minimum Gasteiger partial charge on any atom is -0.457 e. The van der Waals surface area contributed by atoms with E-state index in [1.54, 1.807) is 49.4 Å². The molecule has 0 spiro atoms. The summed E-state index contributed by atoms with van der Waals surface area (Å²) in [4.78, 5) is 0. The predicted octanol–water partition coefficient (Wildman–Crippen LogP) is 4.96. The normalized spacial score (nSPS) is 19.2. The monoisotopic (exact) mass is 453 g/mol. The molecule has 2 N–H and O–H groups in total. The van der Waals surface area contributed by atoms with Gasteiger partial charge in [0.2, 0.25) is 0 Å². The van der Waals surface area contributed by atoms with Crippen molar-refractivity contribution in [2.24, 2.45) is 5.73 Å². The molecule has 0 saturated carbocycles. The van der Waals surface area contributed by atoms with Gasteiger partial charge >= 0.3 is 16.2 Å². The Morgan fingerprint density at radius 3 is 2.45 bits per heavy atom. The molecule has 166 valence electrons. The smallest absolute Gasteiger partial charge is 0.420 e. The van der Waals surface area contributed by atoms with Crippen LogP contribution in [0.2, 0.25) is 0 Å². The van der Waals surface area contributed by atoms with E-state index < -0.39 is 31.4 Å². The largest absolute Gasteiger partial charge is 0.457 e. The summed E-state index contributed by atoms with van der Waals surface area (Å²) in [7, 11) is -3.88. The summed E-state index contributed by atoms with van der Waals surface area (Å²) in [5.74, 6) is -0.336. The van der Waals surface area contributed by atoms with Crippen molar-refractivity contribution in [1.29, 1.82) is 0 Å². The highest BCUT2D eigenvalue weighted by Crippen LogP contribution is 2.43. The number of rotatable bonds is 7. The van der Waals surface area contributed by atoms with Crippen LogP contribution in [0.1, 0.15) is 18.9 Å². The molecule has 0 amide bonds. The molecule has 1 heterocycles. The molecule has 0 aromatic heterocycles. The Morgan fingerprint density at radius 1 is 1.13 bits per heavy atom. The van der Waals surface area contributed by atoms with Gasteiger partial charge in [-0.05, 0) is 30.7 Å². The molecule has 1 aliphatic heterocycles. The fourth-order valence-electron chi connectivity index (χ4n) is 3.48. The Bertz CT molecular complexity index is 1100. The molecule has 0 fully saturated rings. The first kappa shape index (κ1) is 23.1. The number of hydrogen-bond acceptors (Lipinski definition) is 4. The third-order valence-corrected chi connectivity index (χ3v) is 7.34. The van der Waals surface area contributed by atoms with Crippen molar-refractivity contribution in [3.63, 3.8) is 0 Å². The number of ether oxygens (including phenoxy) is 1. The minimum atomic E-state index is -4.75. The van der Waals surface area contributed by atoms with Gasteiger partial charge in [-0.15, -0.1) is 0 Å². The van der Waals surface area contributed by atoms with E-state index in [4.69, 9.17) is 10.5 Å². The zero-order valence-corrected chi connectivity index (χ0v) is 17.8. The zero-order chi connectivity index (χ0) is 22.7. The Labute approximate surface area is 179 Å². The maximum atomic E-state index is 13.9. The van der Waals surface area contributed by atoms with Crippen molar-refractivity contribution >= 4 is 15.7 Å². The number of nitrogens with two attached hydrogens (primary N) is 1. The van der Waals surface area contributed by atoms with E-state index in [0.29, 0.717) is 12.0 Å². The molecule has 1 unspecified atom stereocenters. The molecule has 2 aromatic carbocycles. The molecule has 1 aliphatic rings. The van der Waals surface area contributed by atoms with Gasteiger partial charge in [0.15, 0.2) is 5.69 Å². The van der Waals surface area contributed by atoms with Crippen LogP contribution in [0, 0.1) is 0 Å². The summed E-state index contributed by atoms with van der Waals surface area (Å²) in [5.41, 5.74) is 5.17. The standard InChI is InChI=1S/C22H24F3N2O3S/c1-2-13-31(28,29)27(12-6-7-17(15-26)16-27)18-10-11-21(20(14-18)22(23,24)25)30-19-8-4-3-5-9-19/h3-11,14,16H,2,12-13,15,26H2,1H3/q+1. The second-order valence-electron chi connectivity index (χ2n) is 7.17. The van der Waals surface area contributed by atoms with Gasteiger partial charge in [0.05, 0.1) is 0 Å². The van der Waals surface area contributed by atoms with Crippen LogP contribution in [0.3, 0.4) is 0 Å². The van der Waals surface area contributed by atoms with Crippen LogP contribution in [-0.4, -0.2) is 27.3 Å². The fraction of sp³-hybridized carbons (Fsp3) is 0.273. The van der Waals surface area contributed by atoms with Crippen molar-refractivity contribution in [3.8, 4) is 11.5 Å². The molecule has 5 nitrogen and oxygen atoms in total. The summed E-state index contributed by atoms with van der Waals surface area (Å²) in [6.07, 6.45) is 0.328. The van der Waals surface area contributed by atoms with Crippen molar-refractivity contribution in [3.05, 3.63) is 78.0 Å². The molecule has 9 heteroatoms. The van der Waals surface area contributed by atoms with Gasteiger partial charge in [0.1, 0.15) is 35.6 Å². The van der Waals surface area contributed by atoms with Crippen LogP contribution in [-0.2, 0) is 16.2 Å². The third kappa shape index (κ3) is 4.68. The lowest BCUT2D eigenvalue weighted by Crippen LogP contribution is -2.52. The van der Waals surface area contributed by atoms with E-state index in [0.717, 1.165) is 6.07 Å². The molecule has 1 atom stereocenters. The third-order valence-electron chi connectivity index (χ3n) is 4.95. The van der Waals surface area contributed by atoms with Gasteiger partial charge < -0.3 is 10.5 Å². The second kappa shape index (κ2) is 8.86. The van der Waals surface area contributed by atoms with E-state index in [-0.39, 0.29) is 30.3 Å². The van der Waals surface area contributed by atoms with Crippen molar-refractivity contribution in [1.82, 2.24) is 3.89 Å². The maximum absolute atomic E-state index is 13.9. The highest BCUT2D eigenvalue weighted by molar-refractivity contribution is 7.91. The van der Waals surface area contributed by atoms with Gasteiger partial charge in [0, 0.05) is 24.3 Å². The Hall–Kier alpha value is -2.62.